The monoisotopic (exact) mass is 288 g/mol. The highest BCUT2D eigenvalue weighted by atomic mass is 15.2. The van der Waals surface area contributed by atoms with E-state index >= 15 is 0 Å². The zero-order valence-electron chi connectivity index (χ0n) is 13.3. The Labute approximate surface area is 126 Å². The third-order valence-electron chi connectivity index (χ3n) is 3.32. The van der Waals surface area contributed by atoms with Crippen molar-refractivity contribution in [3.05, 3.63) is 30.1 Å². The number of anilines is 2. The van der Waals surface area contributed by atoms with Crippen molar-refractivity contribution >= 4 is 11.6 Å². The van der Waals surface area contributed by atoms with E-state index in [1.165, 1.54) is 0 Å². The first-order chi connectivity index (χ1) is 10.1. The summed E-state index contributed by atoms with van der Waals surface area (Å²) in [5.41, 5.74) is 0. The Balaban J connectivity index is 2.18. The second-order valence-corrected chi connectivity index (χ2v) is 5.12. The molecule has 0 unspecified atom stereocenters. The predicted molar refractivity (Wildman–Crippen MR) is 85.5 cm³/mol. The molecule has 6 nitrogen and oxygen atoms in total. The molecule has 0 aliphatic rings. The lowest BCUT2D eigenvalue weighted by atomic mass is 10.4. The molecule has 0 saturated carbocycles. The third-order valence-corrected chi connectivity index (χ3v) is 3.32. The molecule has 0 aromatic carbocycles. The van der Waals surface area contributed by atoms with Crippen LogP contribution in [-0.4, -0.2) is 33.1 Å². The fourth-order valence-electron chi connectivity index (χ4n) is 2.02. The van der Waals surface area contributed by atoms with Gasteiger partial charge in [0.15, 0.2) is 0 Å². The third kappa shape index (κ3) is 3.93. The summed E-state index contributed by atoms with van der Waals surface area (Å²) in [6.45, 7) is 5.85. The van der Waals surface area contributed by atoms with Crippen LogP contribution in [0.4, 0.5) is 11.6 Å². The Hall–Kier alpha value is -2.11. The molecule has 0 aliphatic carbocycles. The summed E-state index contributed by atoms with van der Waals surface area (Å²) in [6.07, 6.45) is 5.67. The highest BCUT2D eigenvalue weighted by molar-refractivity contribution is 5.49. The van der Waals surface area contributed by atoms with E-state index in [-0.39, 0.29) is 0 Å². The van der Waals surface area contributed by atoms with E-state index < -0.39 is 0 Å². The molecule has 0 amide bonds. The van der Waals surface area contributed by atoms with Crippen molar-refractivity contribution < 1.29 is 0 Å². The molecular formula is C15H24N6. The fraction of sp³-hybridized carbons (Fsp3) is 0.533. The second-order valence-electron chi connectivity index (χ2n) is 5.12. The van der Waals surface area contributed by atoms with Gasteiger partial charge in [-0.25, -0.2) is 15.0 Å². The molecule has 0 fully saturated rings. The van der Waals surface area contributed by atoms with Crippen molar-refractivity contribution in [1.82, 2.24) is 19.5 Å². The van der Waals surface area contributed by atoms with Gasteiger partial charge in [0.1, 0.15) is 23.3 Å². The van der Waals surface area contributed by atoms with E-state index in [1.54, 1.807) is 0 Å². The summed E-state index contributed by atoms with van der Waals surface area (Å²) in [4.78, 5) is 15.6. The van der Waals surface area contributed by atoms with Gasteiger partial charge < -0.3 is 14.8 Å². The molecule has 21 heavy (non-hydrogen) atoms. The first-order valence-corrected chi connectivity index (χ1v) is 7.43. The number of imidazole rings is 1. The maximum Gasteiger partial charge on any atom is 0.134 e. The van der Waals surface area contributed by atoms with Gasteiger partial charge in [-0.1, -0.05) is 13.8 Å². The van der Waals surface area contributed by atoms with Crippen LogP contribution in [0.2, 0.25) is 0 Å². The standard InChI is InChI=1S/C15H24N6/c1-5-7-16-13-10-14(19-12(6-2)18-13)21(4)11-15-17-8-9-20(15)3/h8-10H,5-7,11H2,1-4H3,(H,16,18,19). The van der Waals surface area contributed by atoms with Crippen LogP contribution < -0.4 is 10.2 Å². The van der Waals surface area contributed by atoms with Crippen LogP contribution in [0, 0.1) is 0 Å². The van der Waals surface area contributed by atoms with Crippen LogP contribution in [0.25, 0.3) is 0 Å². The molecule has 0 saturated heterocycles. The molecule has 2 heterocycles. The van der Waals surface area contributed by atoms with Gasteiger partial charge in [-0.2, -0.15) is 0 Å². The fourth-order valence-corrected chi connectivity index (χ4v) is 2.02. The Morgan fingerprint density at radius 3 is 2.71 bits per heavy atom. The molecule has 2 aromatic heterocycles. The zero-order chi connectivity index (χ0) is 15.2. The second kappa shape index (κ2) is 7.06. The van der Waals surface area contributed by atoms with Crippen molar-refractivity contribution in [3.63, 3.8) is 0 Å². The van der Waals surface area contributed by atoms with Gasteiger partial charge in [0.25, 0.3) is 0 Å². The highest BCUT2D eigenvalue weighted by Gasteiger charge is 2.10. The van der Waals surface area contributed by atoms with Crippen LogP contribution in [0.3, 0.4) is 0 Å². The minimum atomic E-state index is 0.719. The molecule has 0 radical (unpaired) electrons. The first kappa shape index (κ1) is 15.3. The zero-order valence-corrected chi connectivity index (χ0v) is 13.3. The Morgan fingerprint density at radius 1 is 1.29 bits per heavy atom. The van der Waals surface area contributed by atoms with E-state index in [9.17, 15) is 0 Å². The quantitative estimate of drug-likeness (QED) is 0.846. The normalized spacial score (nSPS) is 10.7. The maximum atomic E-state index is 4.61. The van der Waals surface area contributed by atoms with E-state index in [1.807, 2.05) is 37.1 Å². The number of aryl methyl sites for hydroxylation is 2. The molecule has 6 heteroatoms. The van der Waals surface area contributed by atoms with Gasteiger partial charge in [0, 0.05) is 45.5 Å². The number of nitrogens with zero attached hydrogens (tertiary/aromatic N) is 5. The summed E-state index contributed by atoms with van der Waals surface area (Å²) in [7, 11) is 4.03. The first-order valence-electron chi connectivity index (χ1n) is 7.43. The average molecular weight is 288 g/mol. The molecule has 0 bridgehead atoms. The summed E-state index contributed by atoms with van der Waals surface area (Å²) < 4.78 is 2.02. The van der Waals surface area contributed by atoms with Crippen LogP contribution in [-0.2, 0) is 20.0 Å². The van der Waals surface area contributed by atoms with Crippen LogP contribution in [0.15, 0.2) is 18.5 Å². The lowest BCUT2D eigenvalue weighted by molar-refractivity contribution is 0.750. The molecule has 2 aromatic rings. The number of hydrogen-bond acceptors (Lipinski definition) is 5. The van der Waals surface area contributed by atoms with E-state index in [0.717, 1.165) is 49.2 Å². The maximum absolute atomic E-state index is 4.61. The summed E-state index contributed by atoms with van der Waals surface area (Å²) in [6, 6.07) is 2.00. The van der Waals surface area contributed by atoms with Crippen LogP contribution in [0.1, 0.15) is 31.9 Å². The van der Waals surface area contributed by atoms with Gasteiger partial charge in [0.05, 0.1) is 6.54 Å². The highest BCUT2D eigenvalue weighted by Crippen LogP contribution is 2.17. The number of nitrogens with one attached hydrogen (secondary N) is 1. The summed E-state index contributed by atoms with van der Waals surface area (Å²) in [5.74, 6) is 3.68. The van der Waals surface area contributed by atoms with Gasteiger partial charge in [-0.15, -0.1) is 0 Å². The van der Waals surface area contributed by atoms with Crippen molar-refractivity contribution in [2.45, 2.75) is 33.2 Å². The molecule has 0 aliphatic heterocycles. The van der Waals surface area contributed by atoms with Crippen molar-refractivity contribution in [3.8, 4) is 0 Å². The van der Waals surface area contributed by atoms with Crippen molar-refractivity contribution in [2.24, 2.45) is 7.05 Å². The summed E-state index contributed by atoms with van der Waals surface area (Å²) in [5, 5.41) is 3.34. The molecule has 0 atom stereocenters. The predicted octanol–water partition coefficient (Wildman–Crippen LogP) is 2.23. The summed E-state index contributed by atoms with van der Waals surface area (Å²) >= 11 is 0. The SMILES string of the molecule is CCCNc1cc(N(C)Cc2nccn2C)nc(CC)n1. The number of aromatic nitrogens is 4. The Bertz CT molecular complexity index is 577. The largest absolute Gasteiger partial charge is 0.370 e. The molecular weight excluding hydrogens is 264 g/mol. The van der Waals surface area contributed by atoms with Crippen molar-refractivity contribution in [2.75, 3.05) is 23.8 Å². The number of rotatable bonds is 7. The van der Waals surface area contributed by atoms with Crippen molar-refractivity contribution in [1.29, 1.82) is 0 Å². The van der Waals surface area contributed by atoms with E-state index in [0.29, 0.717) is 0 Å². The lowest BCUT2D eigenvalue weighted by Crippen LogP contribution is -2.21. The van der Waals surface area contributed by atoms with E-state index in [4.69, 9.17) is 0 Å². The molecule has 0 spiro atoms. The van der Waals surface area contributed by atoms with Crippen LogP contribution in [0.5, 0.6) is 0 Å². The smallest absolute Gasteiger partial charge is 0.134 e. The Kier molecular flexibility index (Phi) is 5.14. The molecule has 1 N–H and O–H groups in total. The Morgan fingerprint density at radius 2 is 2.10 bits per heavy atom. The van der Waals surface area contributed by atoms with Gasteiger partial charge in [-0.3, -0.25) is 0 Å². The van der Waals surface area contributed by atoms with Gasteiger partial charge >= 0.3 is 0 Å². The number of hydrogen-bond donors (Lipinski definition) is 1. The van der Waals surface area contributed by atoms with E-state index in [2.05, 4.69) is 39.0 Å². The molecule has 114 valence electrons. The minimum absolute atomic E-state index is 0.719. The van der Waals surface area contributed by atoms with Gasteiger partial charge in [-0.05, 0) is 6.42 Å². The average Bonchev–Trinajstić information content (AvgIpc) is 2.90. The topological polar surface area (TPSA) is 58.9 Å². The molecule has 2 rings (SSSR count). The van der Waals surface area contributed by atoms with Crippen LogP contribution >= 0.6 is 0 Å². The lowest BCUT2D eigenvalue weighted by Gasteiger charge is -2.19. The van der Waals surface area contributed by atoms with Gasteiger partial charge in [0.2, 0.25) is 0 Å². The minimum Gasteiger partial charge on any atom is -0.370 e.